The molecule has 0 radical (unpaired) electrons. The number of carbonyl (C=O) groups excluding carboxylic acids is 2. The minimum absolute atomic E-state index is 0.204. The normalized spacial score (nSPS) is 41.6. The lowest BCUT2D eigenvalue weighted by Crippen LogP contribution is -2.53. The van der Waals surface area contributed by atoms with Crippen LogP contribution in [0.5, 0.6) is 0 Å². The number of hydrogen-bond donors (Lipinski definition) is 0. The van der Waals surface area contributed by atoms with Crippen molar-refractivity contribution < 1.29 is 9.59 Å². The highest BCUT2D eigenvalue weighted by molar-refractivity contribution is 5.99. The van der Waals surface area contributed by atoms with E-state index in [0.29, 0.717) is 18.2 Å². The van der Waals surface area contributed by atoms with Crippen molar-refractivity contribution in [2.75, 3.05) is 6.54 Å². The van der Waals surface area contributed by atoms with Gasteiger partial charge in [0.05, 0.1) is 5.41 Å². The van der Waals surface area contributed by atoms with Crippen LogP contribution in [0, 0.1) is 16.2 Å². The molecule has 1 amide bonds. The van der Waals surface area contributed by atoms with Crippen molar-refractivity contribution in [3.8, 4) is 0 Å². The molecule has 3 nitrogen and oxygen atoms in total. The van der Waals surface area contributed by atoms with Gasteiger partial charge in [-0.15, -0.1) is 0 Å². The van der Waals surface area contributed by atoms with Crippen molar-refractivity contribution >= 4 is 11.7 Å². The molecule has 0 unspecified atom stereocenters. The van der Waals surface area contributed by atoms with Crippen LogP contribution in [0.3, 0.4) is 0 Å². The van der Waals surface area contributed by atoms with Crippen LogP contribution in [-0.2, 0) is 9.59 Å². The lowest BCUT2D eigenvalue weighted by molar-refractivity contribution is -0.151. The van der Waals surface area contributed by atoms with E-state index < -0.39 is 5.41 Å². The summed E-state index contributed by atoms with van der Waals surface area (Å²) in [6, 6.07) is 0.388. The first kappa shape index (κ1) is 15.1. The molecule has 118 valence electrons. The Morgan fingerprint density at radius 1 is 1.24 bits per heavy atom. The van der Waals surface area contributed by atoms with E-state index in [1.165, 1.54) is 6.42 Å². The summed E-state index contributed by atoms with van der Waals surface area (Å²) < 4.78 is 0. The highest BCUT2D eigenvalue weighted by Gasteiger charge is 2.73. The van der Waals surface area contributed by atoms with E-state index in [2.05, 4.69) is 32.6 Å². The fraction of sp³-hybridized carbons (Fsp3) is 0.889. The van der Waals surface area contributed by atoms with Gasteiger partial charge >= 0.3 is 0 Å². The molecule has 0 N–H and O–H groups in total. The van der Waals surface area contributed by atoms with Gasteiger partial charge in [-0.05, 0) is 43.9 Å². The Morgan fingerprint density at radius 2 is 1.95 bits per heavy atom. The summed E-state index contributed by atoms with van der Waals surface area (Å²) in [5, 5.41) is 0. The highest BCUT2D eigenvalue weighted by atomic mass is 16.2. The summed E-state index contributed by atoms with van der Waals surface area (Å²) in [6.45, 7) is 9.48. The van der Waals surface area contributed by atoms with Crippen LogP contribution < -0.4 is 0 Å². The second kappa shape index (κ2) is 4.57. The first-order valence-corrected chi connectivity index (χ1v) is 8.64. The van der Waals surface area contributed by atoms with E-state index >= 15 is 0 Å². The zero-order valence-electron chi connectivity index (χ0n) is 14.0. The molecule has 0 aromatic heterocycles. The molecule has 0 spiro atoms. The van der Waals surface area contributed by atoms with Gasteiger partial charge in [0, 0.05) is 24.4 Å². The smallest absolute Gasteiger partial charge is 0.230 e. The highest BCUT2D eigenvalue weighted by Crippen LogP contribution is 2.71. The third kappa shape index (κ3) is 1.66. The molecule has 0 aromatic rings. The molecule has 2 bridgehead atoms. The van der Waals surface area contributed by atoms with Crippen molar-refractivity contribution in [1.82, 2.24) is 4.90 Å². The summed E-state index contributed by atoms with van der Waals surface area (Å²) in [5.74, 6) is 0.603. The molecular formula is C18H29NO2. The zero-order valence-corrected chi connectivity index (χ0v) is 14.0. The number of likely N-dealkylation sites (tertiary alicyclic amines) is 1. The summed E-state index contributed by atoms with van der Waals surface area (Å²) in [4.78, 5) is 28.1. The number of piperidine rings is 1. The molecule has 3 fully saturated rings. The fourth-order valence-electron chi connectivity index (χ4n) is 5.30. The number of nitrogens with zero attached hydrogens (tertiary/aromatic N) is 1. The molecule has 1 saturated heterocycles. The van der Waals surface area contributed by atoms with Gasteiger partial charge in [-0.3, -0.25) is 9.59 Å². The fourth-order valence-corrected chi connectivity index (χ4v) is 5.30. The number of fused-ring (bicyclic) bond motifs is 2. The molecule has 2 aliphatic carbocycles. The SMILES string of the molecule is CC[C@@H]1CCCCN1C(=O)[C@@]12CC[C@@](C)(C(=O)C1)C2(C)C. The van der Waals surface area contributed by atoms with Gasteiger partial charge in [0.25, 0.3) is 0 Å². The molecule has 3 heteroatoms. The Kier molecular flexibility index (Phi) is 3.27. The number of Topliss-reactive ketones (excluding diaryl/α,β-unsaturated/α-hetero) is 1. The second-order valence-corrected chi connectivity index (χ2v) is 8.20. The van der Waals surface area contributed by atoms with E-state index in [4.69, 9.17) is 0 Å². The van der Waals surface area contributed by atoms with Crippen LogP contribution in [-0.4, -0.2) is 29.2 Å². The average molecular weight is 291 g/mol. The lowest BCUT2D eigenvalue weighted by Gasteiger charge is -2.45. The first-order valence-electron chi connectivity index (χ1n) is 8.64. The maximum atomic E-state index is 13.4. The van der Waals surface area contributed by atoms with Crippen LogP contribution >= 0.6 is 0 Å². The molecule has 2 saturated carbocycles. The molecule has 3 aliphatic rings. The van der Waals surface area contributed by atoms with Gasteiger partial charge < -0.3 is 4.90 Å². The maximum absolute atomic E-state index is 13.4. The Labute approximate surface area is 128 Å². The number of rotatable bonds is 2. The van der Waals surface area contributed by atoms with Crippen LogP contribution in [0.4, 0.5) is 0 Å². The molecule has 0 aromatic carbocycles. The van der Waals surface area contributed by atoms with E-state index in [1.807, 2.05) is 0 Å². The predicted octanol–water partition coefficient (Wildman–Crippen LogP) is 3.56. The number of ketones is 1. The van der Waals surface area contributed by atoms with E-state index in [9.17, 15) is 9.59 Å². The van der Waals surface area contributed by atoms with E-state index in [1.54, 1.807) is 0 Å². The minimum atomic E-state index is -0.427. The summed E-state index contributed by atoms with van der Waals surface area (Å²) in [5.41, 5.74) is -0.923. The average Bonchev–Trinajstić information content (AvgIpc) is 2.76. The Balaban J connectivity index is 1.96. The van der Waals surface area contributed by atoms with Crippen molar-refractivity contribution in [2.45, 2.75) is 78.7 Å². The second-order valence-electron chi connectivity index (χ2n) is 8.20. The van der Waals surface area contributed by atoms with E-state index in [-0.39, 0.29) is 16.7 Å². The predicted molar refractivity (Wildman–Crippen MR) is 82.8 cm³/mol. The molecule has 1 heterocycles. The largest absolute Gasteiger partial charge is 0.339 e. The number of amides is 1. The summed E-state index contributed by atoms with van der Waals surface area (Å²) >= 11 is 0. The van der Waals surface area contributed by atoms with E-state index in [0.717, 1.165) is 38.6 Å². The van der Waals surface area contributed by atoms with Crippen molar-refractivity contribution in [3.05, 3.63) is 0 Å². The summed E-state index contributed by atoms with van der Waals surface area (Å²) in [6.07, 6.45) is 6.77. The standard InChI is InChI=1S/C18H29NO2/c1-5-13-8-6-7-11-19(13)15(21)18-10-9-17(4,14(20)12-18)16(18,2)3/h13H,5-12H2,1-4H3/t13-,17+,18-/m1/s1. The van der Waals surface area contributed by atoms with Crippen LogP contribution in [0.1, 0.15) is 72.6 Å². The van der Waals surface area contributed by atoms with Gasteiger partial charge in [-0.1, -0.05) is 27.7 Å². The maximum Gasteiger partial charge on any atom is 0.230 e. The minimum Gasteiger partial charge on any atom is -0.339 e. The van der Waals surface area contributed by atoms with Crippen LogP contribution in [0.15, 0.2) is 0 Å². The molecular weight excluding hydrogens is 262 g/mol. The molecule has 3 rings (SSSR count). The quantitative estimate of drug-likeness (QED) is 0.780. The van der Waals surface area contributed by atoms with Gasteiger partial charge in [0.1, 0.15) is 5.78 Å². The molecule has 3 atom stereocenters. The van der Waals surface area contributed by atoms with Crippen LogP contribution in [0.2, 0.25) is 0 Å². The van der Waals surface area contributed by atoms with Gasteiger partial charge in [0.2, 0.25) is 5.91 Å². The lowest BCUT2D eigenvalue weighted by atomic mass is 9.64. The summed E-state index contributed by atoms with van der Waals surface area (Å²) in [7, 11) is 0. The zero-order chi connectivity index (χ0) is 15.5. The number of carbonyl (C=O) groups is 2. The third-order valence-corrected chi connectivity index (χ3v) is 7.47. The number of hydrogen-bond acceptors (Lipinski definition) is 2. The van der Waals surface area contributed by atoms with Crippen molar-refractivity contribution in [1.29, 1.82) is 0 Å². The molecule has 21 heavy (non-hydrogen) atoms. The van der Waals surface area contributed by atoms with Gasteiger partial charge in [-0.2, -0.15) is 0 Å². The van der Waals surface area contributed by atoms with Gasteiger partial charge in [-0.25, -0.2) is 0 Å². The van der Waals surface area contributed by atoms with Crippen LogP contribution in [0.25, 0.3) is 0 Å². The Morgan fingerprint density at radius 3 is 2.48 bits per heavy atom. The molecule has 1 aliphatic heterocycles. The monoisotopic (exact) mass is 291 g/mol. The topological polar surface area (TPSA) is 37.4 Å². The van der Waals surface area contributed by atoms with Crippen molar-refractivity contribution in [2.24, 2.45) is 16.2 Å². The third-order valence-electron chi connectivity index (χ3n) is 7.47. The Bertz CT molecular complexity index is 484. The van der Waals surface area contributed by atoms with Crippen molar-refractivity contribution in [3.63, 3.8) is 0 Å². The van der Waals surface area contributed by atoms with Gasteiger partial charge in [0.15, 0.2) is 0 Å². The Hall–Kier alpha value is -0.860. The first-order chi connectivity index (χ1) is 9.80.